The highest BCUT2D eigenvalue weighted by atomic mass is 79.9. The monoisotopic (exact) mass is 391 g/mol. The van der Waals surface area contributed by atoms with Crippen molar-refractivity contribution in [3.63, 3.8) is 0 Å². The predicted molar refractivity (Wildman–Crippen MR) is 92.4 cm³/mol. The van der Waals surface area contributed by atoms with Crippen LogP contribution >= 0.6 is 15.9 Å². The Labute approximate surface area is 148 Å². The Morgan fingerprint density at radius 2 is 1.92 bits per heavy atom. The van der Waals surface area contributed by atoms with E-state index in [0.29, 0.717) is 18.5 Å². The minimum absolute atomic E-state index is 0.235. The van der Waals surface area contributed by atoms with E-state index in [1.54, 1.807) is 12.1 Å². The number of benzene rings is 1. The number of amides is 1. The third-order valence-corrected chi connectivity index (χ3v) is 5.51. The molecule has 0 spiro atoms. The number of aromatic nitrogens is 2. The summed E-state index contributed by atoms with van der Waals surface area (Å²) in [4.78, 5) is 25.3. The Bertz CT molecular complexity index is 798. The molecule has 1 saturated heterocycles. The van der Waals surface area contributed by atoms with Gasteiger partial charge in [-0.15, -0.1) is 0 Å². The normalized spacial score (nSPS) is 17.3. The molecule has 1 aromatic heterocycles. The van der Waals surface area contributed by atoms with Crippen molar-refractivity contribution in [2.75, 3.05) is 6.54 Å². The number of hydrogen-bond donors (Lipinski definition) is 1. The third-order valence-electron chi connectivity index (χ3n) is 4.36. The summed E-state index contributed by atoms with van der Waals surface area (Å²) in [6.45, 7) is 4.37. The van der Waals surface area contributed by atoms with E-state index < -0.39 is 12.0 Å². The molecule has 0 radical (unpaired) electrons. The molecule has 1 unspecified atom stereocenters. The van der Waals surface area contributed by atoms with E-state index in [1.807, 2.05) is 30.7 Å². The van der Waals surface area contributed by atoms with Crippen molar-refractivity contribution in [3.8, 4) is 5.69 Å². The zero-order valence-corrected chi connectivity index (χ0v) is 15.1. The number of carboxylic acid groups (broad SMARTS) is 1. The lowest BCUT2D eigenvalue weighted by atomic mass is 10.1. The van der Waals surface area contributed by atoms with E-state index in [2.05, 4.69) is 21.0 Å². The molecule has 1 aliphatic heterocycles. The Morgan fingerprint density at radius 3 is 2.46 bits per heavy atom. The molecular formula is C17H18BrN3O3. The van der Waals surface area contributed by atoms with Crippen LogP contribution in [0.5, 0.6) is 0 Å². The first-order valence-electron chi connectivity index (χ1n) is 7.76. The van der Waals surface area contributed by atoms with E-state index in [0.717, 1.165) is 28.0 Å². The number of carbonyl (C=O) groups excluding carboxylic acids is 1. The second kappa shape index (κ2) is 6.39. The van der Waals surface area contributed by atoms with Crippen LogP contribution < -0.4 is 0 Å². The predicted octanol–water partition coefficient (Wildman–Crippen LogP) is 2.94. The largest absolute Gasteiger partial charge is 0.480 e. The number of likely N-dealkylation sites (tertiary alicyclic amines) is 1. The summed E-state index contributed by atoms with van der Waals surface area (Å²) in [5, 5.41) is 13.7. The standard InChI is InChI=1S/C17H18BrN3O3/c1-10-15(18)11(2)21(19-10)13-7-5-12(6-8-13)16(22)20-9-3-4-14(20)17(23)24/h5-8,14H,3-4,9H2,1-2H3,(H,23,24). The summed E-state index contributed by atoms with van der Waals surface area (Å²) < 4.78 is 2.77. The molecule has 1 amide bonds. The second-order valence-corrected chi connectivity index (χ2v) is 6.73. The van der Waals surface area contributed by atoms with Gasteiger partial charge in [-0.25, -0.2) is 9.48 Å². The zero-order chi connectivity index (χ0) is 17.4. The van der Waals surface area contributed by atoms with Crippen molar-refractivity contribution in [1.29, 1.82) is 0 Å². The molecule has 24 heavy (non-hydrogen) atoms. The van der Waals surface area contributed by atoms with Gasteiger partial charge in [-0.1, -0.05) is 0 Å². The molecule has 1 atom stereocenters. The van der Waals surface area contributed by atoms with Crippen LogP contribution in [-0.4, -0.2) is 44.3 Å². The van der Waals surface area contributed by atoms with Crippen LogP contribution in [0.4, 0.5) is 0 Å². The lowest BCUT2D eigenvalue weighted by Crippen LogP contribution is -2.40. The summed E-state index contributed by atoms with van der Waals surface area (Å²) in [6, 6.07) is 6.37. The molecule has 1 aromatic carbocycles. The second-order valence-electron chi connectivity index (χ2n) is 5.94. The molecule has 126 valence electrons. The summed E-state index contributed by atoms with van der Waals surface area (Å²) in [7, 11) is 0. The number of aliphatic carboxylic acids is 1. The van der Waals surface area contributed by atoms with E-state index >= 15 is 0 Å². The molecule has 0 aliphatic carbocycles. The topological polar surface area (TPSA) is 75.4 Å². The number of halogens is 1. The number of aryl methyl sites for hydroxylation is 1. The van der Waals surface area contributed by atoms with E-state index in [-0.39, 0.29) is 5.91 Å². The van der Waals surface area contributed by atoms with Gasteiger partial charge in [0.25, 0.3) is 5.91 Å². The van der Waals surface area contributed by atoms with Gasteiger partial charge in [0.2, 0.25) is 0 Å². The molecule has 7 heteroatoms. The van der Waals surface area contributed by atoms with Gasteiger partial charge in [0, 0.05) is 12.1 Å². The minimum Gasteiger partial charge on any atom is -0.480 e. The number of hydrogen-bond acceptors (Lipinski definition) is 3. The van der Waals surface area contributed by atoms with Crippen LogP contribution in [0.25, 0.3) is 5.69 Å². The average Bonchev–Trinajstić information content (AvgIpc) is 3.16. The lowest BCUT2D eigenvalue weighted by molar-refractivity contribution is -0.141. The fraction of sp³-hybridized carbons (Fsp3) is 0.353. The Kier molecular flexibility index (Phi) is 4.45. The highest BCUT2D eigenvalue weighted by Crippen LogP contribution is 2.24. The molecule has 6 nitrogen and oxygen atoms in total. The zero-order valence-electron chi connectivity index (χ0n) is 13.5. The first-order chi connectivity index (χ1) is 11.4. The maximum absolute atomic E-state index is 12.6. The third kappa shape index (κ3) is 2.84. The Balaban J connectivity index is 1.85. The van der Waals surface area contributed by atoms with Crippen molar-refractivity contribution in [3.05, 3.63) is 45.7 Å². The average molecular weight is 392 g/mol. The van der Waals surface area contributed by atoms with Crippen LogP contribution in [0.2, 0.25) is 0 Å². The minimum atomic E-state index is -0.940. The van der Waals surface area contributed by atoms with Gasteiger partial charge in [0.15, 0.2) is 0 Å². The molecule has 2 aromatic rings. The van der Waals surface area contributed by atoms with Crippen LogP contribution in [-0.2, 0) is 4.79 Å². The quantitative estimate of drug-likeness (QED) is 0.872. The highest BCUT2D eigenvalue weighted by Gasteiger charge is 2.34. The molecule has 2 heterocycles. The Morgan fingerprint density at radius 1 is 1.25 bits per heavy atom. The van der Waals surface area contributed by atoms with Gasteiger partial charge >= 0.3 is 5.97 Å². The van der Waals surface area contributed by atoms with Crippen molar-refractivity contribution in [2.24, 2.45) is 0 Å². The first kappa shape index (κ1) is 16.7. The van der Waals surface area contributed by atoms with Crippen molar-refractivity contribution in [1.82, 2.24) is 14.7 Å². The number of carboxylic acids is 1. The fourth-order valence-corrected chi connectivity index (χ4v) is 3.30. The van der Waals surface area contributed by atoms with Crippen molar-refractivity contribution < 1.29 is 14.7 Å². The molecule has 1 N–H and O–H groups in total. The van der Waals surface area contributed by atoms with Gasteiger partial charge in [-0.3, -0.25) is 4.79 Å². The fourth-order valence-electron chi connectivity index (χ4n) is 3.05. The smallest absolute Gasteiger partial charge is 0.326 e. The van der Waals surface area contributed by atoms with Crippen molar-refractivity contribution >= 4 is 27.8 Å². The van der Waals surface area contributed by atoms with Crippen LogP contribution in [0.1, 0.15) is 34.6 Å². The Hall–Kier alpha value is -2.15. The number of rotatable bonds is 3. The molecular weight excluding hydrogens is 374 g/mol. The summed E-state index contributed by atoms with van der Waals surface area (Å²) in [5.41, 5.74) is 3.23. The molecule has 0 saturated carbocycles. The maximum atomic E-state index is 12.6. The van der Waals surface area contributed by atoms with Gasteiger partial charge in [-0.05, 0) is 66.9 Å². The lowest BCUT2D eigenvalue weighted by Gasteiger charge is -2.21. The van der Waals surface area contributed by atoms with Gasteiger partial charge in [0.1, 0.15) is 6.04 Å². The first-order valence-corrected chi connectivity index (χ1v) is 8.55. The van der Waals surface area contributed by atoms with Crippen LogP contribution in [0.15, 0.2) is 28.7 Å². The van der Waals surface area contributed by atoms with Gasteiger partial charge in [-0.2, -0.15) is 5.10 Å². The summed E-state index contributed by atoms with van der Waals surface area (Å²) in [5.74, 6) is -1.18. The SMILES string of the molecule is Cc1nn(-c2ccc(C(=O)N3CCCC3C(=O)O)cc2)c(C)c1Br. The molecule has 1 aliphatic rings. The highest BCUT2D eigenvalue weighted by molar-refractivity contribution is 9.10. The molecule has 0 bridgehead atoms. The molecule has 1 fully saturated rings. The van der Waals surface area contributed by atoms with Crippen molar-refractivity contribution in [2.45, 2.75) is 32.7 Å². The van der Waals surface area contributed by atoms with E-state index in [9.17, 15) is 14.7 Å². The maximum Gasteiger partial charge on any atom is 0.326 e. The van der Waals surface area contributed by atoms with E-state index in [4.69, 9.17) is 0 Å². The molecule has 3 rings (SSSR count). The summed E-state index contributed by atoms with van der Waals surface area (Å²) in [6.07, 6.45) is 1.24. The number of nitrogens with zero attached hydrogens (tertiary/aromatic N) is 3. The van der Waals surface area contributed by atoms with Crippen LogP contribution in [0.3, 0.4) is 0 Å². The summed E-state index contributed by atoms with van der Waals surface area (Å²) >= 11 is 3.50. The van der Waals surface area contributed by atoms with Crippen LogP contribution in [0, 0.1) is 13.8 Å². The van der Waals surface area contributed by atoms with E-state index in [1.165, 1.54) is 4.90 Å². The number of carbonyl (C=O) groups is 2. The van der Waals surface area contributed by atoms with Gasteiger partial charge in [0.05, 0.1) is 21.5 Å². The van der Waals surface area contributed by atoms with Gasteiger partial charge < -0.3 is 10.0 Å².